The highest BCUT2D eigenvalue weighted by molar-refractivity contribution is 5.79. The Morgan fingerprint density at radius 3 is 2.93 bits per heavy atom. The minimum atomic E-state index is -1.12. The molecule has 3 N–H and O–H groups in total. The smallest absolute Gasteiger partial charge is 0.325 e. The Hall–Kier alpha value is -1.12. The molecule has 0 radical (unpaired) electrons. The van der Waals surface area contributed by atoms with Gasteiger partial charge >= 0.3 is 5.97 Å². The molecule has 0 bridgehead atoms. The number of carboxylic acids is 1. The van der Waals surface area contributed by atoms with Crippen molar-refractivity contribution < 1.29 is 9.90 Å². The summed E-state index contributed by atoms with van der Waals surface area (Å²) < 4.78 is 0. The molecule has 1 aliphatic rings. The highest BCUT2D eigenvalue weighted by Crippen LogP contribution is 2.19. The Kier molecular flexibility index (Phi) is 3.09. The topological polar surface area (TPSA) is 90.4 Å². The predicted octanol–water partition coefficient (Wildman–Crippen LogP) is -0.366. The fraction of sp³-hybridized carbons (Fsp3) is 0.778. The summed E-state index contributed by atoms with van der Waals surface area (Å²) in [4.78, 5) is 12.7. The van der Waals surface area contributed by atoms with Gasteiger partial charge in [-0.3, -0.25) is 9.69 Å². The maximum absolute atomic E-state index is 10.8. The van der Waals surface area contributed by atoms with Crippen molar-refractivity contribution in [3.05, 3.63) is 0 Å². The first-order chi connectivity index (χ1) is 6.48. The molecule has 1 heterocycles. The molecule has 1 rings (SSSR count). The zero-order chi connectivity index (χ0) is 10.8. The molecule has 1 fully saturated rings. The molecule has 0 amide bonds. The molecule has 2 unspecified atom stereocenters. The minimum Gasteiger partial charge on any atom is -0.480 e. The monoisotopic (exact) mass is 197 g/mol. The van der Waals surface area contributed by atoms with E-state index in [-0.39, 0.29) is 5.92 Å². The van der Waals surface area contributed by atoms with Crippen LogP contribution in [0.5, 0.6) is 0 Å². The lowest BCUT2D eigenvalue weighted by Gasteiger charge is -2.20. The van der Waals surface area contributed by atoms with Crippen molar-refractivity contribution in [1.82, 2.24) is 4.90 Å². The van der Waals surface area contributed by atoms with Crippen LogP contribution in [0.3, 0.4) is 0 Å². The lowest BCUT2D eigenvalue weighted by atomic mass is 10.0. The molecule has 0 saturated carbocycles. The van der Waals surface area contributed by atoms with Crippen LogP contribution in [0.4, 0.5) is 0 Å². The van der Waals surface area contributed by atoms with Gasteiger partial charge in [0, 0.05) is 19.6 Å². The molecule has 5 nitrogen and oxygen atoms in total. The fourth-order valence-corrected chi connectivity index (χ4v) is 1.67. The van der Waals surface area contributed by atoms with Gasteiger partial charge in [-0.15, -0.1) is 0 Å². The molecule has 0 spiro atoms. The second-order valence-electron chi connectivity index (χ2n) is 3.98. The van der Waals surface area contributed by atoms with E-state index in [9.17, 15) is 4.79 Å². The predicted molar refractivity (Wildman–Crippen MR) is 50.4 cm³/mol. The molecule has 0 aliphatic carbocycles. The number of nitrogens with zero attached hydrogens (tertiary/aromatic N) is 2. The average Bonchev–Trinajstić information content (AvgIpc) is 2.49. The summed E-state index contributed by atoms with van der Waals surface area (Å²) in [7, 11) is 0. The number of rotatable bonds is 3. The van der Waals surface area contributed by atoms with Gasteiger partial charge in [-0.2, -0.15) is 5.26 Å². The zero-order valence-corrected chi connectivity index (χ0v) is 8.23. The van der Waals surface area contributed by atoms with Crippen molar-refractivity contribution in [3.8, 4) is 6.07 Å². The number of nitrogens with two attached hydrogens (primary N) is 1. The first-order valence-corrected chi connectivity index (χ1v) is 4.62. The van der Waals surface area contributed by atoms with E-state index in [2.05, 4.69) is 6.07 Å². The molecular weight excluding hydrogens is 182 g/mol. The molecule has 1 saturated heterocycles. The van der Waals surface area contributed by atoms with Crippen LogP contribution in [0.25, 0.3) is 0 Å². The third-order valence-corrected chi connectivity index (χ3v) is 2.56. The normalized spacial score (nSPS) is 29.8. The van der Waals surface area contributed by atoms with E-state index in [4.69, 9.17) is 16.1 Å². The van der Waals surface area contributed by atoms with Crippen LogP contribution < -0.4 is 5.73 Å². The van der Waals surface area contributed by atoms with Crippen molar-refractivity contribution in [1.29, 1.82) is 5.26 Å². The second-order valence-corrected chi connectivity index (χ2v) is 3.98. The Bertz CT molecular complexity index is 274. The van der Waals surface area contributed by atoms with Gasteiger partial charge in [0.2, 0.25) is 0 Å². The fourth-order valence-electron chi connectivity index (χ4n) is 1.67. The Morgan fingerprint density at radius 2 is 2.50 bits per heavy atom. The summed E-state index contributed by atoms with van der Waals surface area (Å²) in [6.45, 7) is 3.42. The summed E-state index contributed by atoms with van der Waals surface area (Å²) in [5, 5.41) is 17.5. The SMILES string of the molecule is CC(C#N)CN1CCC(N)(C(=O)O)C1. The van der Waals surface area contributed by atoms with Gasteiger partial charge in [0.05, 0.1) is 12.0 Å². The summed E-state index contributed by atoms with van der Waals surface area (Å²) in [5.41, 5.74) is 4.57. The highest BCUT2D eigenvalue weighted by atomic mass is 16.4. The Labute approximate surface area is 83.1 Å². The van der Waals surface area contributed by atoms with Gasteiger partial charge in [0.15, 0.2) is 0 Å². The molecule has 2 atom stereocenters. The summed E-state index contributed by atoms with van der Waals surface area (Å²) in [6.07, 6.45) is 0.459. The Morgan fingerprint density at radius 1 is 1.86 bits per heavy atom. The van der Waals surface area contributed by atoms with Crippen LogP contribution in [-0.2, 0) is 4.79 Å². The summed E-state index contributed by atoms with van der Waals surface area (Å²) >= 11 is 0. The van der Waals surface area contributed by atoms with E-state index >= 15 is 0 Å². The first kappa shape index (κ1) is 11.0. The van der Waals surface area contributed by atoms with Crippen molar-refractivity contribution in [2.75, 3.05) is 19.6 Å². The van der Waals surface area contributed by atoms with E-state index in [1.165, 1.54) is 0 Å². The number of aliphatic carboxylic acids is 1. The molecule has 14 heavy (non-hydrogen) atoms. The Balaban J connectivity index is 2.50. The van der Waals surface area contributed by atoms with E-state index in [1.54, 1.807) is 0 Å². The van der Waals surface area contributed by atoms with Crippen LogP contribution in [0.2, 0.25) is 0 Å². The van der Waals surface area contributed by atoms with Gasteiger partial charge in [-0.05, 0) is 13.3 Å². The molecule has 0 aromatic rings. The third-order valence-electron chi connectivity index (χ3n) is 2.56. The quantitative estimate of drug-likeness (QED) is 0.644. The molecule has 5 heteroatoms. The van der Waals surface area contributed by atoms with Crippen LogP contribution >= 0.6 is 0 Å². The summed E-state index contributed by atoms with van der Waals surface area (Å²) in [5.74, 6) is -1.03. The largest absolute Gasteiger partial charge is 0.480 e. The second kappa shape index (κ2) is 3.95. The van der Waals surface area contributed by atoms with Crippen molar-refractivity contribution >= 4 is 5.97 Å². The lowest BCUT2D eigenvalue weighted by Crippen LogP contribution is -2.50. The van der Waals surface area contributed by atoms with E-state index < -0.39 is 11.5 Å². The summed E-state index contributed by atoms with van der Waals surface area (Å²) in [6, 6.07) is 2.12. The van der Waals surface area contributed by atoms with E-state index in [1.807, 2.05) is 11.8 Å². The third kappa shape index (κ3) is 2.22. The molecule has 78 valence electrons. The van der Waals surface area contributed by atoms with Gasteiger partial charge in [0.1, 0.15) is 5.54 Å². The molecule has 0 aromatic carbocycles. The van der Waals surface area contributed by atoms with E-state index in [0.29, 0.717) is 26.1 Å². The van der Waals surface area contributed by atoms with E-state index in [0.717, 1.165) is 0 Å². The number of hydrogen-bond donors (Lipinski definition) is 2. The standard InChI is InChI=1S/C9H15N3O2/c1-7(4-10)5-12-3-2-9(11,6-12)8(13)14/h7H,2-3,5-6,11H2,1H3,(H,13,14). The number of likely N-dealkylation sites (tertiary alicyclic amines) is 1. The average molecular weight is 197 g/mol. The first-order valence-electron chi connectivity index (χ1n) is 4.62. The van der Waals surface area contributed by atoms with Gasteiger partial charge < -0.3 is 10.8 Å². The number of nitriles is 1. The lowest BCUT2D eigenvalue weighted by molar-refractivity contribution is -0.142. The maximum Gasteiger partial charge on any atom is 0.325 e. The highest BCUT2D eigenvalue weighted by Gasteiger charge is 2.41. The molecule has 1 aliphatic heterocycles. The minimum absolute atomic E-state index is 0.0776. The number of carbonyl (C=O) groups is 1. The van der Waals surface area contributed by atoms with Crippen molar-refractivity contribution in [2.24, 2.45) is 11.7 Å². The number of hydrogen-bond acceptors (Lipinski definition) is 4. The van der Waals surface area contributed by atoms with Crippen LogP contribution in [0, 0.1) is 17.2 Å². The van der Waals surface area contributed by atoms with Crippen LogP contribution in [0.1, 0.15) is 13.3 Å². The number of carboxylic acid groups (broad SMARTS) is 1. The molecule has 0 aromatic heterocycles. The van der Waals surface area contributed by atoms with Crippen molar-refractivity contribution in [2.45, 2.75) is 18.9 Å². The van der Waals surface area contributed by atoms with Crippen LogP contribution in [0.15, 0.2) is 0 Å². The van der Waals surface area contributed by atoms with Gasteiger partial charge in [0.25, 0.3) is 0 Å². The van der Waals surface area contributed by atoms with Gasteiger partial charge in [-0.25, -0.2) is 0 Å². The molecular formula is C9H15N3O2. The van der Waals surface area contributed by atoms with Crippen LogP contribution in [-0.4, -0.2) is 41.1 Å². The maximum atomic E-state index is 10.8. The van der Waals surface area contributed by atoms with Gasteiger partial charge in [-0.1, -0.05) is 0 Å². The zero-order valence-electron chi connectivity index (χ0n) is 8.23. The van der Waals surface area contributed by atoms with Crippen molar-refractivity contribution in [3.63, 3.8) is 0 Å².